The van der Waals surface area contributed by atoms with E-state index in [1.54, 1.807) is 12.1 Å². The van der Waals surface area contributed by atoms with Crippen molar-refractivity contribution in [2.24, 2.45) is 0 Å². The van der Waals surface area contributed by atoms with Crippen molar-refractivity contribution < 1.29 is 9.53 Å². The lowest BCUT2D eigenvalue weighted by Gasteiger charge is -2.07. The minimum atomic E-state index is -0.787. The van der Waals surface area contributed by atoms with Crippen molar-refractivity contribution in [3.8, 4) is 5.75 Å². The number of hydrogen-bond acceptors (Lipinski definition) is 5. The molecule has 9 heteroatoms. The molecule has 122 valence electrons. The third-order valence-corrected chi connectivity index (χ3v) is 3.32. The molecule has 0 unspecified atom stereocenters. The Morgan fingerprint density at radius 2 is 1.75 bits per heavy atom. The first-order valence-corrected chi connectivity index (χ1v) is 6.82. The maximum absolute atomic E-state index is 12.2. The summed E-state index contributed by atoms with van der Waals surface area (Å²) in [6.07, 6.45) is 1.29. The number of carbonyl (C=O) groups excluding carboxylic acids is 1. The summed E-state index contributed by atoms with van der Waals surface area (Å²) < 4.78 is 4.83. The number of hydrogen-bond donors (Lipinski definition) is 4. The molecule has 0 saturated heterocycles. The van der Waals surface area contributed by atoms with Crippen LogP contribution in [0.1, 0.15) is 10.5 Å². The van der Waals surface area contributed by atoms with Crippen molar-refractivity contribution in [3.05, 3.63) is 67.1 Å². The van der Waals surface area contributed by atoms with Gasteiger partial charge in [-0.25, -0.2) is 0 Å². The number of pyridine rings is 1. The van der Waals surface area contributed by atoms with Gasteiger partial charge in [0.2, 0.25) is 5.43 Å². The normalized spacial score (nSPS) is 10.5. The Balaban J connectivity index is 1.91. The lowest BCUT2D eigenvalue weighted by atomic mass is 10.2. The number of methoxy groups -OCH3 is 1. The molecule has 24 heavy (non-hydrogen) atoms. The van der Waals surface area contributed by atoms with Gasteiger partial charge >= 0.3 is 11.1 Å². The van der Waals surface area contributed by atoms with Crippen LogP contribution >= 0.6 is 0 Å². The van der Waals surface area contributed by atoms with Crippen molar-refractivity contribution in [3.63, 3.8) is 0 Å². The third-order valence-electron chi connectivity index (χ3n) is 3.32. The zero-order chi connectivity index (χ0) is 17.3. The number of benzene rings is 1. The van der Waals surface area contributed by atoms with E-state index >= 15 is 0 Å². The average molecular weight is 328 g/mol. The Morgan fingerprint density at radius 1 is 1.04 bits per heavy atom. The summed E-state index contributed by atoms with van der Waals surface area (Å²) in [5.41, 5.74) is -0.749. The number of rotatable bonds is 3. The lowest BCUT2D eigenvalue weighted by molar-refractivity contribution is 0.102. The molecule has 0 spiro atoms. The van der Waals surface area contributed by atoms with Crippen molar-refractivity contribution in [1.29, 1.82) is 0 Å². The zero-order valence-electron chi connectivity index (χ0n) is 12.4. The molecule has 4 N–H and O–H groups in total. The molecule has 3 aromatic rings. The number of aromatic amines is 3. The van der Waals surface area contributed by atoms with E-state index in [2.05, 4.69) is 20.3 Å². The van der Waals surface area contributed by atoms with Crippen LogP contribution in [0.15, 0.2) is 44.8 Å². The predicted octanol–water partition coefficient (Wildman–Crippen LogP) is 0.166. The number of H-pyrrole nitrogens is 3. The van der Waals surface area contributed by atoms with Crippen molar-refractivity contribution in [2.75, 3.05) is 12.4 Å². The van der Waals surface area contributed by atoms with E-state index in [1.165, 1.54) is 19.4 Å². The predicted molar refractivity (Wildman–Crippen MR) is 86.8 cm³/mol. The highest BCUT2D eigenvalue weighted by Gasteiger charge is 2.10. The third kappa shape index (κ3) is 2.82. The standard InChI is InChI=1S/C15H12N4O5/c1-24-12-6-16-10(5-11(12)20)13(21)17-7-2-3-8-9(4-7)19-15(23)14(22)18-8/h2-6H,1H3,(H,16,20)(H,17,21)(H,18,22)(H,19,23). The van der Waals surface area contributed by atoms with E-state index in [-0.39, 0.29) is 11.4 Å². The van der Waals surface area contributed by atoms with Crippen LogP contribution in [-0.4, -0.2) is 28.0 Å². The minimum absolute atomic E-state index is 0.0517. The molecule has 0 atom stereocenters. The van der Waals surface area contributed by atoms with Crippen LogP contribution < -0.4 is 26.6 Å². The van der Waals surface area contributed by atoms with Gasteiger partial charge in [-0.1, -0.05) is 0 Å². The van der Waals surface area contributed by atoms with Gasteiger partial charge in [-0.05, 0) is 18.2 Å². The molecule has 1 amide bonds. The highest BCUT2D eigenvalue weighted by Crippen LogP contribution is 2.14. The number of ether oxygens (including phenoxy) is 1. The number of fused-ring (bicyclic) bond motifs is 1. The van der Waals surface area contributed by atoms with Gasteiger partial charge in [-0.15, -0.1) is 0 Å². The fourth-order valence-electron chi connectivity index (χ4n) is 2.14. The molecular weight excluding hydrogens is 316 g/mol. The molecule has 0 fully saturated rings. The quantitative estimate of drug-likeness (QED) is 0.508. The second-order valence-corrected chi connectivity index (χ2v) is 4.90. The molecule has 0 radical (unpaired) electrons. The van der Waals surface area contributed by atoms with Gasteiger partial charge in [0, 0.05) is 18.0 Å². The van der Waals surface area contributed by atoms with E-state index in [0.29, 0.717) is 16.7 Å². The summed E-state index contributed by atoms with van der Waals surface area (Å²) in [5, 5.41) is 2.59. The van der Waals surface area contributed by atoms with Crippen LogP contribution in [0.5, 0.6) is 5.75 Å². The largest absolute Gasteiger partial charge is 0.491 e. The molecule has 1 aromatic carbocycles. The summed E-state index contributed by atoms with van der Waals surface area (Å²) in [7, 11) is 1.35. The van der Waals surface area contributed by atoms with Crippen molar-refractivity contribution in [2.45, 2.75) is 0 Å². The lowest BCUT2D eigenvalue weighted by Crippen LogP contribution is -2.28. The van der Waals surface area contributed by atoms with Crippen LogP contribution in [0.4, 0.5) is 5.69 Å². The van der Waals surface area contributed by atoms with Gasteiger partial charge in [-0.3, -0.25) is 19.2 Å². The van der Waals surface area contributed by atoms with E-state index in [0.717, 1.165) is 6.07 Å². The fraction of sp³-hybridized carbons (Fsp3) is 0.0667. The molecule has 0 bridgehead atoms. The van der Waals surface area contributed by atoms with Crippen molar-refractivity contribution >= 4 is 22.6 Å². The van der Waals surface area contributed by atoms with Crippen LogP contribution in [0, 0.1) is 0 Å². The first-order valence-electron chi connectivity index (χ1n) is 6.82. The molecule has 2 aromatic heterocycles. The molecule has 0 aliphatic heterocycles. The molecule has 0 saturated carbocycles. The summed E-state index contributed by atoms with van der Waals surface area (Å²) in [6, 6.07) is 5.70. The first-order chi connectivity index (χ1) is 11.5. The van der Waals surface area contributed by atoms with Gasteiger partial charge in [0.25, 0.3) is 5.91 Å². The summed E-state index contributed by atoms with van der Waals surface area (Å²) in [4.78, 5) is 53.9. The monoisotopic (exact) mass is 328 g/mol. The molecule has 0 aliphatic rings. The highest BCUT2D eigenvalue weighted by molar-refractivity contribution is 6.03. The maximum Gasteiger partial charge on any atom is 0.314 e. The Bertz CT molecular complexity index is 1110. The molecule has 3 rings (SSSR count). The Kier molecular flexibility index (Phi) is 3.74. The summed E-state index contributed by atoms with van der Waals surface area (Å²) in [5.74, 6) is -0.445. The smallest absolute Gasteiger partial charge is 0.314 e. The SMILES string of the molecule is COc1c[nH]c(C(=O)Nc2ccc3[nH]c(=O)c(=O)[nH]c3c2)cc1=O. The van der Waals surface area contributed by atoms with E-state index in [9.17, 15) is 19.2 Å². The van der Waals surface area contributed by atoms with Crippen LogP contribution in [0.2, 0.25) is 0 Å². The van der Waals surface area contributed by atoms with E-state index in [4.69, 9.17) is 4.74 Å². The maximum atomic E-state index is 12.2. The van der Waals surface area contributed by atoms with Gasteiger partial charge in [0.05, 0.1) is 18.1 Å². The number of amides is 1. The molecule has 2 heterocycles. The Labute approximate surface area is 133 Å². The van der Waals surface area contributed by atoms with Crippen LogP contribution in [-0.2, 0) is 0 Å². The van der Waals surface area contributed by atoms with Crippen LogP contribution in [0.3, 0.4) is 0 Å². The number of aromatic nitrogens is 3. The second kappa shape index (κ2) is 5.88. The number of nitrogens with one attached hydrogen (secondary N) is 4. The minimum Gasteiger partial charge on any atom is -0.491 e. The van der Waals surface area contributed by atoms with Gasteiger partial charge in [0.1, 0.15) is 5.69 Å². The Morgan fingerprint density at radius 3 is 2.42 bits per heavy atom. The average Bonchev–Trinajstić information content (AvgIpc) is 2.56. The second-order valence-electron chi connectivity index (χ2n) is 4.90. The van der Waals surface area contributed by atoms with Crippen molar-refractivity contribution in [1.82, 2.24) is 15.0 Å². The summed E-state index contributed by atoms with van der Waals surface area (Å²) >= 11 is 0. The molecule has 9 nitrogen and oxygen atoms in total. The van der Waals surface area contributed by atoms with Gasteiger partial charge in [-0.2, -0.15) is 0 Å². The first kappa shape index (κ1) is 15.3. The van der Waals surface area contributed by atoms with Gasteiger partial charge in [0.15, 0.2) is 5.75 Å². The zero-order valence-corrected chi connectivity index (χ0v) is 12.4. The van der Waals surface area contributed by atoms with Crippen LogP contribution in [0.25, 0.3) is 11.0 Å². The number of carbonyl (C=O) groups is 1. The van der Waals surface area contributed by atoms with E-state index < -0.39 is 22.5 Å². The highest BCUT2D eigenvalue weighted by atomic mass is 16.5. The van der Waals surface area contributed by atoms with Gasteiger partial charge < -0.3 is 25.0 Å². The Hall–Kier alpha value is -3.62. The molecular formula is C15H12N4O5. The number of anilines is 1. The fourth-order valence-corrected chi connectivity index (χ4v) is 2.14. The molecule has 0 aliphatic carbocycles. The summed E-state index contributed by atoms with van der Waals surface area (Å²) in [6.45, 7) is 0. The topological polar surface area (TPSA) is 137 Å². The van der Waals surface area contributed by atoms with E-state index in [1.807, 2.05) is 0 Å².